The van der Waals surface area contributed by atoms with E-state index in [4.69, 9.17) is 0 Å². The molecule has 7 heavy (non-hydrogen) atoms. The van der Waals surface area contributed by atoms with Crippen molar-refractivity contribution in [1.29, 1.82) is 0 Å². The molecule has 0 fully saturated rings. The Morgan fingerprint density at radius 1 is 0.571 bits per heavy atom. The van der Waals surface area contributed by atoms with Crippen LogP contribution in [-0.2, 0) is 16.4 Å². The Bertz CT molecular complexity index is 9.65. The molecule has 0 spiro atoms. The summed E-state index contributed by atoms with van der Waals surface area (Å²) in [6.07, 6.45) is 0. The maximum Gasteiger partial charge on any atom is 3.00 e. The molecule has 7 heteroatoms. The quantitative estimate of drug-likeness (QED) is 0.327. The van der Waals surface area contributed by atoms with Crippen LogP contribution in [0.5, 0.6) is 0 Å². The van der Waals surface area contributed by atoms with Gasteiger partial charge >= 0.3 is 57.8 Å². The van der Waals surface area contributed by atoms with Crippen LogP contribution in [-0.4, -0.2) is 63.3 Å². The smallest absolute Gasteiger partial charge is 2.00 e. The third kappa shape index (κ3) is 88.3. The van der Waals surface area contributed by atoms with Crippen molar-refractivity contribution in [1.82, 2.24) is 0 Å². The molecule has 4 nitrogen and oxygen atoms in total. The van der Waals surface area contributed by atoms with E-state index >= 15 is 0 Å². The van der Waals surface area contributed by atoms with Crippen molar-refractivity contribution in [2.24, 2.45) is 0 Å². The monoisotopic (exact) mass is 146 g/mol. The fourth-order valence-corrected chi connectivity index (χ4v) is 0. The standard InChI is InChI=1S/2Al.Mg.H2O.3O.2H/h;;;1H2;;;;;/q2*+3;;;3*-2;;. The van der Waals surface area contributed by atoms with Gasteiger partial charge in [-0.3, -0.25) is 0 Å². The first-order valence-electron chi connectivity index (χ1n) is 0. The largest absolute Gasteiger partial charge is 3.00 e. The second kappa shape index (κ2) is 122. The minimum absolute atomic E-state index is 0. The van der Waals surface area contributed by atoms with Crippen LogP contribution in [0.3, 0.4) is 0 Å². The molecule has 0 aliphatic heterocycles. The second-order valence-corrected chi connectivity index (χ2v) is 0. The SMILES string of the molecule is O.[Al+3].[Al+3].[MgH2].[O-2].[O-2].[O-2]. The zero-order valence-electron chi connectivity index (χ0n) is 2.88. The first-order chi connectivity index (χ1) is 0. The molecule has 0 saturated heterocycles. The van der Waals surface area contributed by atoms with E-state index in [2.05, 4.69) is 0 Å². The Morgan fingerprint density at radius 2 is 0.571 bits per heavy atom. The summed E-state index contributed by atoms with van der Waals surface area (Å²) in [4.78, 5) is 0. The van der Waals surface area contributed by atoms with Crippen LogP contribution in [0.25, 0.3) is 0 Å². The number of hydrogen-bond acceptors (Lipinski definition) is 0. The molecule has 0 atom stereocenters. The second-order valence-electron chi connectivity index (χ2n) is 0. The van der Waals surface area contributed by atoms with Gasteiger partial charge in [0, 0.05) is 0 Å². The molecule has 0 rings (SSSR count). The van der Waals surface area contributed by atoms with Crippen molar-refractivity contribution in [3.05, 3.63) is 0 Å². The fourth-order valence-electron chi connectivity index (χ4n) is 0. The van der Waals surface area contributed by atoms with E-state index < -0.39 is 0 Å². The third-order valence-corrected chi connectivity index (χ3v) is 0. The zero-order chi connectivity index (χ0) is 0. The molecule has 0 amide bonds. The average Bonchev–Trinajstić information content (AvgIpc) is 0. The summed E-state index contributed by atoms with van der Waals surface area (Å²) in [5, 5.41) is 0. The third-order valence-electron chi connectivity index (χ3n) is 0. The van der Waals surface area contributed by atoms with Gasteiger partial charge in [0.2, 0.25) is 0 Å². The van der Waals surface area contributed by atoms with Gasteiger partial charge in [0.1, 0.15) is 0 Å². The van der Waals surface area contributed by atoms with Gasteiger partial charge in [0.15, 0.2) is 0 Å². The molecule has 0 aliphatic carbocycles. The topological polar surface area (TPSA) is 117 Å². The molecule has 0 aromatic heterocycles. The summed E-state index contributed by atoms with van der Waals surface area (Å²) >= 11 is 0. The van der Waals surface area contributed by atoms with Crippen LogP contribution in [0.4, 0.5) is 0 Å². The molecule has 0 radical (unpaired) electrons. The minimum Gasteiger partial charge on any atom is -2.00 e. The number of hydrogen-bond donors (Lipinski definition) is 0. The van der Waals surface area contributed by atoms with Gasteiger partial charge < -0.3 is 21.9 Å². The van der Waals surface area contributed by atoms with Crippen molar-refractivity contribution < 1.29 is 21.9 Å². The Kier molecular flexibility index (Phi) is 3190. The van der Waals surface area contributed by atoms with Gasteiger partial charge in [0.25, 0.3) is 0 Å². The van der Waals surface area contributed by atoms with E-state index in [9.17, 15) is 0 Å². The van der Waals surface area contributed by atoms with E-state index in [1.54, 1.807) is 0 Å². The minimum atomic E-state index is 0. The molecular weight excluding hydrogens is 142 g/mol. The number of rotatable bonds is 0. The van der Waals surface area contributed by atoms with Gasteiger partial charge in [-0.25, -0.2) is 0 Å². The van der Waals surface area contributed by atoms with Crippen molar-refractivity contribution in [2.75, 3.05) is 0 Å². The van der Waals surface area contributed by atoms with Crippen LogP contribution in [0.2, 0.25) is 0 Å². The molecule has 0 bridgehead atoms. The summed E-state index contributed by atoms with van der Waals surface area (Å²) in [5.41, 5.74) is 0. The van der Waals surface area contributed by atoms with Crippen molar-refractivity contribution >= 4 is 57.8 Å². The molecule has 0 saturated carbocycles. The van der Waals surface area contributed by atoms with Gasteiger partial charge in [-0.1, -0.05) is 0 Å². The molecule has 0 unspecified atom stereocenters. The first-order valence-corrected chi connectivity index (χ1v) is 0. The zero-order valence-corrected chi connectivity index (χ0v) is 5.19. The van der Waals surface area contributed by atoms with Gasteiger partial charge in [0.05, 0.1) is 0 Å². The summed E-state index contributed by atoms with van der Waals surface area (Å²) in [6.45, 7) is 0. The van der Waals surface area contributed by atoms with Crippen LogP contribution in [0.1, 0.15) is 0 Å². The molecule has 0 aromatic carbocycles. The first kappa shape index (κ1) is 183. The Labute approximate surface area is 79.3 Å². The van der Waals surface area contributed by atoms with Gasteiger partial charge in [-0.2, -0.15) is 0 Å². The molecule has 0 aliphatic rings. The Morgan fingerprint density at radius 3 is 0.571 bits per heavy atom. The predicted octanol–water partition coefficient (Wildman–Crippen LogP) is -2.86. The summed E-state index contributed by atoms with van der Waals surface area (Å²) < 4.78 is 0. The molecule has 0 heterocycles. The maximum atomic E-state index is 0. The van der Waals surface area contributed by atoms with E-state index in [0.717, 1.165) is 0 Å². The normalized spacial score (nSPS) is 0. The van der Waals surface area contributed by atoms with Crippen molar-refractivity contribution in [3.63, 3.8) is 0 Å². The molecular formula is H4Al2MgO4. The summed E-state index contributed by atoms with van der Waals surface area (Å²) in [7, 11) is 0. The van der Waals surface area contributed by atoms with Crippen LogP contribution in [0, 0.1) is 0 Å². The van der Waals surface area contributed by atoms with Crippen LogP contribution < -0.4 is 0 Å². The van der Waals surface area contributed by atoms with Crippen LogP contribution >= 0.6 is 0 Å². The van der Waals surface area contributed by atoms with E-state index in [0.29, 0.717) is 0 Å². The average molecular weight is 146 g/mol. The fraction of sp³-hybridized carbons (Fsp3) is 0. The molecule has 36 valence electrons. The van der Waals surface area contributed by atoms with Gasteiger partial charge in [-0.05, 0) is 0 Å². The predicted molar refractivity (Wildman–Crippen MR) is 25.7 cm³/mol. The van der Waals surface area contributed by atoms with Crippen molar-refractivity contribution in [2.45, 2.75) is 0 Å². The van der Waals surface area contributed by atoms with Crippen molar-refractivity contribution in [3.8, 4) is 0 Å². The summed E-state index contributed by atoms with van der Waals surface area (Å²) in [6, 6.07) is 0. The van der Waals surface area contributed by atoms with E-state index in [-0.39, 0.29) is 79.7 Å². The molecule has 2 N–H and O–H groups in total. The summed E-state index contributed by atoms with van der Waals surface area (Å²) in [5.74, 6) is 0. The van der Waals surface area contributed by atoms with E-state index in [1.165, 1.54) is 0 Å². The molecule has 0 aromatic rings. The van der Waals surface area contributed by atoms with Crippen LogP contribution in [0.15, 0.2) is 0 Å². The van der Waals surface area contributed by atoms with E-state index in [1.807, 2.05) is 0 Å². The maximum absolute atomic E-state index is 0. The van der Waals surface area contributed by atoms with Gasteiger partial charge in [-0.15, -0.1) is 0 Å². The Hall–Kier alpha value is 1.67. The Balaban J connectivity index is 0.